The molecule has 0 spiro atoms. The van der Waals surface area contributed by atoms with Crippen molar-refractivity contribution in [3.63, 3.8) is 0 Å². The molecule has 0 bridgehead atoms. The van der Waals surface area contributed by atoms with E-state index in [2.05, 4.69) is 15.2 Å². The van der Waals surface area contributed by atoms with Gasteiger partial charge in [0.25, 0.3) is 5.91 Å². The Morgan fingerprint density at radius 1 is 1.07 bits per heavy atom. The van der Waals surface area contributed by atoms with Crippen molar-refractivity contribution in [3.05, 3.63) is 48.8 Å². The highest BCUT2D eigenvalue weighted by molar-refractivity contribution is 5.77. The number of carbonyl (C=O) groups is 1. The molecule has 2 aromatic rings. The van der Waals surface area contributed by atoms with Gasteiger partial charge < -0.3 is 19.7 Å². The summed E-state index contributed by atoms with van der Waals surface area (Å²) >= 11 is 0. The lowest BCUT2D eigenvalue weighted by Crippen LogP contribution is -2.39. The number of benzene rings is 1. The largest absolute Gasteiger partial charge is 0.494 e. The Morgan fingerprint density at radius 2 is 1.70 bits per heavy atom. The van der Waals surface area contributed by atoms with Crippen molar-refractivity contribution in [1.29, 1.82) is 0 Å². The van der Waals surface area contributed by atoms with Crippen molar-refractivity contribution in [2.75, 3.05) is 37.7 Å². The van der Waals surface area contributed by atoms with E-state index in [1.807, 2.05) is 55.7 Å². The standard InChI is InChI=1S/C21H27N3O3/c1-2-26-19-3-5-20(6-4-19)27-16-21(25)23-15-17-9-13-24(14-10-17)18-7-11-22-12-8-18/h3-8,11-12,17H,2,9-10,13-16H2,1H3,(H,23,25). The molecule has 0 unspecified atom stereocenters. The van der Waals surface area contributed by atoms with Gasteiger partial charge in [-0.15, -0.1) is 0 Å². The molecule has 1 aliphatic rings. The maximum Gasteiger partial charge on any atom is 0.257 e. The zero-order valence-electron chi connectivity index (χ0n) is 15.8. The number of hydrogen-bond acceptors (Lipinski definition) is 5. The number of hydrogen-bond donors (Lipinski definition) is 1. The number of piperidine rings is 1. The lowest BCUT2D eigenvalue weighted by Gasteiger charge is -2.33. The third-order valence-electron chi connectivity index (χ3n) is 4.73. The van der Waals surface area contributed by atoms with Crippen LogP contribution in [0.2, 0.25) is 0 Å². The molecule has 1 N–H and O–H groups in total. The molecule has 27 heavy (non-hydrogen) atoms. The zero-order chi connectivity index (χ0) is 18.9. The molecule has 1 amide bonds. The highest BCUT2D eigenvalue weighted by Crippen LogP contribution is 2.22. The highest BCUT2D eigenvalue weighted by atomic mass is 16.5. The minimum Gasteiger partial charge on any atom is -0.494 e. The first kappa shape index (κ1) is 19.0. The second kappa shape index (κ2) is 9.80. The van der Waals surface area contributed by atoms with Crippen LogP contribution in [0.25, 0.3) is 0 Å². The molecular formula is C21H27N3O3. The van der Waals surface area contributed by atoms with E-state index >= 15 is 0 Å². The highest BCUT2D eigenvalue weighted by Gasteiger charge is 2.20. The molecule has 2 heterocycles. The number of nitrogens with zero attached hydrogens (tertiary/aromatic N) is 2. The fraction of sp³-hybridized carbons (Fsp3) is 0.429. The second-order valence-corrected chi connectivity index (χ2v) is 6.63. The third kappa shape index (κ3) is 5.88. The number of anilines is 1. The second-order valence-electron chi connectivity index (χ2n) is 6.63. The summed E-state index contributed by atoms with van der Waals surface area (Å²) in [7, 11) is 0. The Balaban J connectivity index is 1.34. The van der Waals surface area contributed by atoms with Gasteiger partial charge in [0.2, 0.25) is 0 Å². The Labute approximate surface area is 160 Å². The molecule has 1 aromatic heterocycles. The van der Waals surface area contributed by atoms with Crippen LogP contribution < -0.4 is 19.7 Å². The maximum absolute atomic E-state index is 12.0. The van der Waals surface area contributed by atoms with Gasteiger partial charge in [0, 0.05) is 37.7 Å². The van der Waals surface area contributed by atoms with Gasteiger partial charge in [-0.05, 0) is 62.1 Å². The molecule has 144 valence electrons. The average molecular weight is 369 g/mol. The van der Waals surface area contributed by atoms with E-state index < -0.39 is 0 Å². The van der Waals surface area contributed by atoms with E-state index in [-0.39, 0.29) is 12.5 Å². The summed E-state index contributed by atoms with van der Waals surface area (Å²) in [4.78, 5) is 18.5. The maximum atomic E-state index is 12.0. The van der Waals surface area contributed by atoms with Crippen molar-refractivity contribution in [2.45, 2.75) is 19.8 Å². The lowest BCUT2D eigenvalue weighted by molar-refractivity contribution is -0.123. The van der Waals surface area contributed by atoms with Gasteiger partial charge in [-0.2, -0.15) is 0 Å². The summed E-state index contributed by atoms with van der Waals surface area (Å²) in [5.74, 6) is 1.89. The molecule has 0 radical (unpaired) electrons. The molecule has 0 aliphatic carbocycles. The minimum absolute atomic E-state index is 0.0316. The molecule has 3 rings (SSSR count). The molecule has 0 atom stereocenters. The van der Waals surface area contributed by atoms with Crippen LogP contribution in [0.1, 0.15) is 19.8 Å². The first-order valence-electron chi connectivity index (χ1n) is 9.52. The topological polar surface area (TPSA) is 63.7 Å². The van der Waals surface area contributed by atoms with Crippen LogP contribution in [0.4, 0.5) is 5.69 Å². The number of amides is 1. The monoisotopic (exact) mass is 369 g/mol. The summed E-state index contributed by atoms with van der Waals surface area (Å²) in [5, 5.41) is 2.99. The predicted molar refractivity (Wildman–Crippen MR) is 105 cm³/mol. The number of pyridine rings is 1. The quantitative estimate of drug-likeness (QED) is 0.775. The molecule has 6 nitrogen and oxygen atoms in total. The van der Waals surface area contributed by atoms with Crippen LogP contribution >= 0.6 is 0 Å². The number of nitrogens with one attached hydrogen (secondary N) is 1. The van der Waals surface area contributed by atoms with Crippen molar-refractivity contribution in [1.82, 2.24) is 10.3 Å². The molecule has 0 saturated carbocycles. The van der Waals surface area contributed by atoms with Gasteiger partial charge in [-0.1, -0.05) is 0 Å². The molecule has 1 aliphatic heterocycles. The Morgan fingerprint density at radius 3 is 2.33 bits per heavy atom. The van der Waals surface area contributed by atoms with Crippen molar-refractivity contribution in [2.24, 2.45) is 5.92 Å². The summed E-state index contributed by atoms with van der Waals surface area (Å²) in [6, 6.07) is 11.4. The Bertz CT molecular complexity index is 698. The van der Waals surface area contributed by atoms with Crippen LogP contribution in [-0.4, -0.2) is 43.7 Å². The molecule has 6 heteroatoms. The number of aromatic nitrogens is 1. The van der Waals surface area contributed by atoms with Crippen LogP contribution in [-0.2, 0) is 4.79 Å². The summed E-state index contributed by atoms with van der Waals surface area (Å²) in [6.07, 6.45) is 5.79. The first-order chi connectivity index (χ1) is 13.2. The Kier molecular flexibility index (Phi) is 6.90. The first-order valence-corrected chi connectivity index (χ1v) is 9.52. The number of ether oxygens (including phenoxy) is 2. The molecule has 1 aromatic carbocycles. The normalized spacial score (nSPS) is 14.6. The summed E-state index contributed by atoms with van der Waals surface area (Å²) in [6.45, 7) is 5.32. The fourth-order valence-corrected chi connectivity index (χ4v) is 3.21. The van der Waals surface area contributed by atoms with Gasteiger partial charge in [0.05, 0.1) is 6.61 Å². The van der Waals surface area contributed by atoms with E-state index in [1.54, 1.807) is 0 Å². The van der Waals surface area contributed by atoms with E-state index in [0.717, 1.165) is 31.7 Å². The third-order valence-corrected chi connectivity index (χ3v) is 4.73. The Hall–Kier alpha value is -2.76. The van der Waals surface area contributed by atoms with E-state index in [4.69, 9.17) is 9.47 Å². The van der Waals surface area contributed by atoms with E-state index in [0.29, 0.717) is 24.8 Å². The van der Waals surface area contributed by atoms with Crippen LogP contribution in [0, 0.1) is 5.92 Å². The molecular weight excluding hydrogens is 342 g/mol. The smallest absolute Gasteiger partial charge is 0.257 e. The van der Waals surface area contributed by atoms with Crippen molar-refractivity contribution >= 4 is 11.6 Å². The summed E-state index contributed by atoms with van der Waals surface area (Å²) in [5.41, 5.74) is 1.22. The molecule has 1 fully saturated rings. The number of rotatable bonds is 8. The van der Waals surface area contributed by atoms with E-state index in [1.165, 1.54) is 5.69 Å². The summed E-state index contributed by atoms with van der Waals surface area (Å²) < 4.78 is 10.9. The van der Waals surface area contributed by atoms with Crippen molar-refractivity contribution < 1.29 is 14.3 Å². The van der Waals surface area contributed by atoms with Crippen LogP contribution in [0.5, 0.6) is 11.5 Å². The average Bonchev–Trinajstić information content (AvgIpc) is 2.73. The van der Waals surface area contributed by atoms with Crippen LogP contribution in [0.3, 0.4) is 0 Å². The van der Waals surface area contributed by atoms with Gasteiger partial charge in [-0.3, -0.25) is 9.78 Å². The van der Waals surface area contributed by atoms with Crippen molar-refractivity contribution in [3.8, 4) is 11.5 Å². The van der Waals surface area contributed by atoms with Gasteiger partial charge in [0.15, 0.2) is 6.61 Å². The lowest BCUT2D eigenvalue weighted by atomic mass is 9.96. The fourth-order valence-electron chi connectivity index (χ4n) is 3.21. The van der Waals surface area contributed by atoms with Gasteiger partial charge in [-0.25, -0.2) is 0 Å². The van der Waals surface area contributed by atoms with E-state index in [9.17, 15) is 4.79 Å². The van der Waals surface area contributed by atoms with Gasteiger partial charge >= 0.3 is 0 Å². The predicted octanol–water partition coefficient (Wildman–Crippen LogP) is 2.89. The molecule has 1 saturated heterocycles. The zero-order valence-corrected chi connectivity index (χ0v) is 15.8. The van der Waals surface area contributed by atoms with Crippen LogP contribution in [0.15, 0.2) is 48.8 Å². The number of carbonyl (C=O) groups excluding carboxylic acids is 1. The van der Waals surface area contributed by atoms with Gasteiger partial charge in [0.1, 0.15) is 11.5 Å². The SMILES string of the molecule is CCOc1ccc(OCC(=O)NCC2CCN(c3ccncc3)CC2)cc1. The minimum atomic E-state index is -0.0829.